The first-order chi connectivity index (χ1) is 14.7. The molecule has 0 aliphatic rings. The second-order valence-electron chi connectivity index (χ2n) is 7.60. The van der Waals surface area contributed by atoms with Crippen LogP contribution in [-0.2, 0) is 10.0 Å². The summed E-state index contributed by atoms with van der Waals surface area (Å²) in [5.41, 5.74) is 2.55. The molecule has 0 aromatic heterocycles. The molecule has 3 aromatic rings. The second-order valence-corrected chi connectivity index (χ2v) is 9.27. The van der Waals surface area contributed by atoms with Crippen LogP contribution in [-0.4, -0.2) is 20.7 Å². The van der Waals surface area contributed by atoms with E-state index in [-0.39, 0.29) is 10.7 Å². The van der Waals surface area contributed by atoms with Crippen LogP contribution in [0.1, 0.15) is 30.5 Å². The Morgan fingerprint density at radius 2 is 1.48 bits per heavy atom. The molecule has 0 atom stereocenters. The summed E-state index contributed by atoms with van der Waals surface area (Å²) in [6.07, 6.45) is 0. The molecule has 31 heavy (non-hydrogen) atoms. The van der Waals surface area contributed by atoms with Crippen LogP contribution in [0, 0.1) is 18.7 Å². The third-order valence-corrected chi connectivity index (χ3v) is 5.66. The molecule has 0 radical (unpaired) electrons. The number of nitrogens with zero attached hydrogens (tertiary/aromatic N) is 1. The van der Waals surface area contributed by atoms with Crippen LogP contribution in [0.15, 0.2) is 82.8 Å². The van der Waals surface area contributed by atoms with E-state index in [0.717, 1.165) is 5.56 Å². The molecule has 1 N–H and O–H groups in total. The number of hydrogen-bond donors (Lipinski definition) is 1. The van der Waals surface area contributed by atoms with Crippen molar-refractivity contribution in [1.82, 2.24) is 4.83 Å². The van der Waals surface area contributed by atoms with Crippen LogP contribution in [0.2, 0.25) is 0 Å². The lowest BCUT2D eigenvalue weighted by atomic mass is 10.0. The Balaban J connectivity index is 1.93. The zero-order valence-electron chi connectivity index (χ0n) is 17.7. The Morgan fingerprint density at radius 3 is 2.03 bits per heavy atom. The molecule has 7 heteroatoms. The number of ether oxygens (including phenoxy) is 1. The number of nitrogens with one attached hydrogen (secondary N) is 1. The van der Waals surface area contributed by atoms with Crippen LogP contribution in [0.25, 0.3) is 0 Å². The van der Waals surface area contributed by atoms with Crippen molar-refractivity contribution in [1.29, 1.82) is 0 Å². The molecule has 0 fully saturated rings. The largest absolute Gasteiger partial charge is 0.493 e. The molecule has 5 nitrogen and oxygen atoms in total. The highest BCUT2D eigenvalue weighted by Gasteiger charge is 2.15. The second kappa shape index (κ2) is 9.75. The van der Waals surface area contributed by atoms with Crippen LogP contribution < -0.4 is 9.57 Å². The van der Waals surface area contributed by atoms with Crippen molar-refractivity contribution in [3.05, 3.63) is 95.3 Å². The SMILES string of the molecule is Cc1ccc(S(=O)(=O)N/N=C(\c2ccc(F)cc2)c2ccc(OCC(C)C)cc2)cc1. The topological polar surface area (TPSA) is 67.8 Å². The summed E-state index contributed by atoms with van der Waals surface area (Å²) in [7, 11) is -3.86. The number of aryl methyl sites for hydroxylation is 1. The molecule has 3 rings (SSSR count). The molecule has 0 spiro atoms. The van der Waals surface area contributed by atoms with Gasteiger partial charge in [-0.3, -0.25) is 0 Å². The van der Waals surface area contributed by atoms with E-state index in [2.05, 4.69) is 23.8 Å². The van der Waals surface area contributed by atoms with Gasteiger partial charge >= 0.3 is 0 Å². The molecule has 0 saturated heterocycles. The van der Waals surface area contributed by atoms with Gasteiger partial charge in [0.25, 0.3) is 10.0 Å². The van der Waals surface area contributed by atoms with Gasteiger partial charge in [0.2, 0.25) is 0 Å². The number of hydrazone groups is 1. The molecule has 0 amide bonds. The zero-order chi connectivity index (χ0) is 22.4. The Morgan fingerprint density at radius 1 is 0.935 bits per heavy atom. The predicted octanol–water partition coefficient (Wildman–Crippen LogP) is 4.90. The third-order valence-electron chi connectivity index (χ3n) is 4.44. The van der Waals surface area contributed by atoms with E-state index in [9.17, 15) is 12.8 Å². The Labute approximate surface area is 182 Å². The molecule has 3 aromatic carbocycles. The van der Waals surface area contributed by atoms with Gasteiger partial charge in [0, 0.05) is 11.1 Å². The molecule has 0 bridgehead atoms. The summed E-state index contributed by atoms with van der Waals surface area (Å²) in [4.78, 5) is 2.41. The van der Waals surface area contributed by atoms with E-state index in [4.69, 9.17) is 4.74 Å². The van der Waals surface area contributed by atoms with Crippen molar-refractivity contribution in [3.63, 3.8) is 0 Å². The van der Waals surface area contributed by atoms with Gasteiger partial charge in [0.1, 0.15) is 11.6 Å². The maximum atomic E-state index is 13.4. The molecule has 0 heterocycles. The molecule has 162 valence electrons. The Bertz CT molecular complexity index is 1140. The summed E-state index contributed by atoms with van der Waals surface area (Å²) < 4.78 is 44.5. The van der Waals surface area contributed by atoms with Gasteiger partial charge in [-0.1, -0.05) is 31.5 Å². The van der Waals surface area contributed by atoms with Crippen molar-refractivity contribution in [2.75, 3.05) is 6.61 Å². The molecule has 0 unspecified atom stereocenters. The van der Waals surface area contributed by atoms with Gasteiger partial charge in [0.15, 0.2) is 0 Å². The lowest BCUT2D eigenvalue weighted by Crippen LogP contribution is -2.21. The predicted molar refractivity (Wildman–Crippen MR) is 120 cm³/mol. The summed E-state index contributed by atoms with van der Waals surface area (Å²) in [5.74, 6) is 0.712. The summed E-state index contributed by atoms with van der Waals surface area (Å²) >= 11 is 0. The quantitative estimate of drug-likeness (QED) is 0.400. The minimum atomic E-state index is -3.86. The first-order valence-electron chi connectivity index (χ1n) is 9.90. The van der Waals surface area contributed by atoms with E-state index >= 15 is 0 Å². The summed E-state index contributed by atoms with van der Waals surface area (Å²) in [5, 5.41) is 4.18. The van der Waals surface area contributed by atoms with Gasteiger partial charge in [-0.15, -0.1) is 0 Å². The monoisotopic (exact) mass is 440 g/mol. The smallest absolute Gasteiger partial charge is 0.276 e. The van der Waals surface area contributed by atoms with Gasteiger partial charge in [-0.2, -0.15) is 18.4 Å². The number of benzene rings is 3. The molecular formula is C24H25FN2O3S. The van der Waals surface area contributed by atoms with Gasteiger partial charge < -0.3 is 4.74 Å². The first kappa shape index (κ1) is 22.5. The Hall–Kier alpha value is -3.19. The van der Waals surface area contributed by atoms with Crippen molar-refractivity contribution in [2.45, 2.75) is 25.7 Å². The van der Waals surface area contributed by atoms with Crippen LogP contribution in [0.5, 0.6) is 5.75 Å². The van der Waals surface area contributed by atoms with Gasteiger partial charge in [0.05, 0.1) is 17.2 Å². The third kappa shape index (κ3) is 6.15. The maximum Gasteiger partial charge on any atom is 0.276 e. The number of hydrogen-bond acceptors (Lipinski definition) is 4. The highest BCUT2D eigenvalue weighted by Crippen LogP contribution is 2.18. The summed E-state index contributed by atoms with van der Waals surface area (Å²) in [6.45, 7) is 6.60. The maximum absolute atomic E-state index is 13.4. The van der Waals surface area contributed by atoms with Gasteiger partial charge in [-0.05, 0) is 73.5 Å². The lowest BCUT2D eigenvalue weighted by molar-refractivity contribution is 0.271. The minimum Gasteiger partial charge on any atom is -0.493 e. The van der Waals surface area contributed by atoms with Crippen LogP contribution in [0.3, 0.4) is 0 Å². The molecule has 0 aliphatic carbocycles. The highest BCUT2D eigenvalue weighted by atomic mass is 32.2. The summed E-state index contributed by atoms with van der Waals surface area (Å²) in [6, 6.07) is 19.4. The van der Waals surface area contributed by atoms with E-state index in [1.807, 2.05) is 6.92 Å². The zero-order valence-corrected chi connectivity index (χ0v) is 18.5. The normalized spacial score (nSPS) is 12.1. The number of halogens is 1. The highest BCUT2D eigenvalue weighted by molar-refractivity contribution is 7.89. The van der Waals surface area contributed by atoms with Crippen LogP contribution >= 0.6 is 0 Å². The molecule has 0 saturated carbocycles. The average molecular weight is 441 g/mol. The Kier molecular flexibility index (Phi) is 7.07. The minimum absolute atomic E-state index is 0.109. The number of sulfonamides is 1. The van der Waals surface area contributed by atoms with E-state index in [0.29, 0.717) is 35.1 Å². The van der Waals surface area contributed by atoms with Gasteiger partial charge in [-0.25, -0.2) is 4.39 Å². The van der Waals surface area contributed by atoms with E-state index < -0.39 is 10.0 Å². The van der Waals surface area contributed by atoms with E-state index in [1.165, 1.54) is 24.3 Å². The van der Waals surface area contributed by atoms with Crippen molar-refractivity contribution >= 4 is 15.7 Å². The fourth-order valence-corrected chi connectivity index (χ4v) is 3.56. The van der Waals surface area contributed by atoms with Crippen molar-refractivity contribution in [3.8, 4) is 5.75 Å². The van der Waals surface area contributed by atoms with Crippen LogP contribution in [0.4, 0.5) is 4.39 Å². The van der Waals surface area contributed by atoms with Crippen molar-refractivity contribution < 1.29 is 17.5 Å². The fourth-order valence-electron chi connectivity index (χ4n) is 2.75. The van der Waals surface area contributed by atoms with E-state index in [1.54, 1.807) is 48.5 Å². The van der Waals surface area contributed by atoms with Crippen molar-refractivity contribution in [2.24, 2.45) is 11.0 Å². The number of rotatable bonds is 8. The molecular weight excluding hydrogens is 415 g/mol. The lowest BCUT2D eigenvalue weighted by Gasteiger charge is -2.12. The fraction of sp³-hybridized carbons (Fsp3) is 0.208. The average Bonchev–Trinajstić information content (AvgIpc) is 2.74. The standard InChI is InChI=1S/C24H25FN2O3S/c1-17(2)16-30-22-12-8-20(9-13-22)24(19-6-10-21(25)11-7-19)26-27-31(28,29)23-14-4-18(3)5-15-23/h4-15,17,27H,16H2,1-3H3/b26-24+. The first-order valence-corrected chi connectivity index (χ1v) is 11.4. The molecule has 0 aliphatic heterocycles.